The summed E-state index contributed by atoms with van der Waals surface area (Å²) in [6, 6.07) is 9.24. The molecule has 0 aliphatic rings. The molecule has 0 spiro atoms. The number of H-pyrrole nitrogens is 1. The summed E-state index contributed by atoms with van der Waals surface area (Å²) in [4.78, 5) is 27.3. The number of nitriles is 1. The van der Waals surface area contributed by atoms with Gasteiger partial charge in [-0.15, -0.1) is 0 Å². The highest BCUT2D eigenvalue weighted by molar-refractivity contribution is 5.86. The Labute approximate surface area is 233 Å². The number of nitrogens with zero attached hydrogens (tertiary/aromatic N) is 4. The summed E-state index contributed by atoms with van der Waals surface area (Å²) in [5, 5.41) is 14.4. The number of aryl methyl sites for hydroxylation is 1. The Kier molecular flexibility index (Phi) is 10.3. The van der Waals surface area contributed by atoms with Crippen LogP contribution in [0.2, 0.25) is 0 Å². The van der Waals surface area contributed by atoms with Crippen LogP contribution in [0.4, 0.5) is 37.8 Å². The van der Waals surface area contributed by atoms with Gasteiger partial charge in [0.1, 0.15) is 23.3 Å². The maximum atomic E-state index is 14.7. The van der Waals surface area contributed by atoms with Crippen molar-refractivity contribution in [2.45, 2.75) is 38.6 Å². The number of aromatic amines is 1. The number of alkyl halides is 5. The van der Waals surface area contributed by atoms with Crippen LogP contribution in [-0.4, -0.2) is 33.0 Å². The van der Waals surface area contributed by atoms with Crippen LogP contribution in [-0.2, 0) is 17.5 Å². The van der Waals surface area contributed by atoms with Crippen LogP contribution in [0.25, 0.3) is 22.0 Å². The van der Waals surface area contributed by atoms with Crippen molar-refractivity contribution >= 4 is 22.3 Å². The molecular formula is C26H23F6N7O3. The quantitative estimate of drug-likeness (QED) is 0.199. The second-order valence-corrected chi connectivity index (χ2v) is 8.69. The van der Waals surface area contributed by atoms with Gasteiger partial charge in [0, 0.05) is 18.3 Å². The van der Waals surface area contributed by atoms with Gasteiger partial charge >= 0.3 is 12.8 Å². The van der Waals surface area contributed by atoms with Gasteiger partial charge in [-0.2, -0.15) is 32.3 Å². The number of hydrogen-bond acceptors (Lipinski definition) is 8. The van der Waals surface area contributed by atoms with Gasteiger partial charge in [-0.05, 0) is 55.0 Å². The molecule has 0 aliphatic carbocycles. The number of hydrogen-bond donors (Lipinski definition) is 3. The first-order chi connectivity index (χ1) is 19.8. The number of ether oxygens (including phenoxy) is 1. The molecule has 0 bridgehead atoms. The van der Waals surface area contributed by atoms with Crippen molar-refractivity contribution in [2.75, 3.05) is 18.1 Å². The van der Waals surface area contributed by atoms with Crippen LogP contribution >= 0.6 is 0 Å². The molecular weight excluding hydrogens is 572 g/mol. The SMILES string of the molecule is N#Cc1ccc(-c2cc3ccn(CCCCCOC(F)F)c(=O)c3cc2F)nc1N.Nc1cn[nH]c(=O)c1C(F)(F)F. The van der Waals surface area contributed by atoms with Crippen molar-refractivity contribution in [1.82, 2.24) is 19.7 Å². The summed E-state index contributed by atoms with van der Waals surface area (Å²) >= 11 is 0. The smallest absolute Gasteiger partial charge is 0.397 e. The minimum atomic E-state index is -4.74. The number of aromatic nitrogens is 4. The number of nitrogens with one attached hydrogen (secondary N) is 1. The molecule has 0 saturated heterocycles. The number of rotatable bonds is 8. The zero-order valence-corrected chi connectivity index (χ0v) is 21.6. The molecule has 42 heavy (non-hydrogen) atoms. The minimum Gasteiger partial charge on any atom is -0.397 e. The van der Waals surface area contributed by atoms with E-state index in [-0.39, 0.29) is 40.2 Å². The van der Waals surface area contributed by atoms with Crippen LogP contribution in [0.15, 0.2) is 52.3 Å². The lowest BCUT2D eigenvalue weighted by molar-refractivity contribution is -0.138. The van der Waals surface area contributed by atoms with Crippen molar-refractivity contribution in [3.8, 4) is 17.3 Å². The number of nitrogen functional groups attached to an aromatic ring is 2. The highest BCUT2D eigenvalue weighted by Crippen LogP contribution is 2.29. The molecule has 1 aromatic carbocycles. The van der Waals surface area contributed by atoms with Crippen molar-refractivity contribution in [3.05, 3.63) is 80.4 Å². The van der Waals surface area contributed by atoms with Gasteiger partial charge in [0.25, 0.3) is 11.1 Å². The summed E-state index contributed by atoms with van der Waals surface area (Å²) in [6.07, 6.45) is -0.692. The van der Waals surface area contributed by atoms with E-state index < -0.39 is 35.4 Å². The normalized spacial score (nSPS) is 11.3. The third kappa shape index (κ3) is 7.85. The average Bonchev–Trinajstić information content (AvgIpc) is 2.91. The third-order valence-corrected chi connectivity index (χ3v) is 5.84. The number of halogens is 6. The maximum Gasteiger partial charge on any atom is 0.423 e. The summed E-state index contributed by atoms with van der Waals surface area (Å²) < 4.78 is 80.1. The van der Waals surface area contributed by atoms with E-state index >= 15 is 0 Å². The summed E-state index contributed by atoms with van der Waals surface area (Å²) in [5.74, 6) is -0.623. The Bertz CT molecular complexity index is 1710. The average molecular weight is 596 g/mol. The maximum absolute atomic E-state index is 14.7. The first-order valence-corrected chi connectivity index (χ1v) is 12.1. The van der Waals surface area contributed by atoms with Crippen LogP contribution < -0.4 is 22.6 Å². The lowest BCUT2D eigenvalue weighted by Crippen LogP contribution is -2.24. The van der Waals surface area contributed by atoms with Gasteiger partial charge in [0.15, 0.2) is 0 Å². The van der Waals surface area contributed by atoms with E-state index in [1.165, 1.54) is 22.8 Å². The second-order valence-electron chi connectivity index (χ2n) is 8.69. The van der Waals surface area contributed by atoms with Crippen LogP contribution in [0.3, 0.4) is 0 Å². The molecule has 0 amide bonds. The molecule has 0 atom stereocenters. The van der Waals surface area contributed by atoms with E-state index in [2.05, 4.69) is 14.8 Å². The van der Waals surface area contributed by atoms with Crippen molar-refractivity contribution in [2.24, 2.45) is 0 Å². The highest BCUT2D eigenvalue weighted by atomic mass is 19.4. The summed E-state index contributed by atoms with van der Waals surface area (Å²) in [7, 11) is 0. The summed E-state index contributed by atoms with van der Waals surface area (Å²) in [6.45, 7) is -2.42. The zero-order valence-electron chi connectivity index (χ0n) is 21.6. The van der Waals surface area contributed by atoms with Gasteiger partial charge in [0.2, 0.25) is 0 Å². The number of benzene rings is 1. The highest BCUT2D eigenvalue weighted by Gasteiger charge is 2.36. The number of pyridine rings is 2. The van der Waals surface area contributed by atoms with E-state index in [9.17, 15) is 35.9 Å². The molecule has 0 fully saturated rings. The number of unbranched alkanes of at least 4 members (excludes halogenated alkanes) is 2. The van der Waals surface area contributed by atoms with Crippen LogP contribution in [0.1, 0.15) is 30.4 Å². The third-order valence-electron chi connectivity index (χ3n) is 5.84. The molecule has 222 valence electrons. The van der Waals surface area contributed by atoms with Gasteiger partial charge in [-0.3, -0.25) is 9.59 Å². The number of fused-ring (bicyclic) bond motifs is 1. The lowest BCUT2D eigenvalue weighted by Gasteiger charge is -2.10. The molecule has 3 aromatic heterocycles. The minimum absolute atomic E-state index is 0.00358. The van der Waals surface area contributed by atoms with Crippen molar-refractivity contribution < 1.29 is 31.1 Å². The van der Waals surface area contributed by atoms with E-state index in [4.69, 9.17) is 16.7 Å². The second kappa shape index (κ2) is 13.6. The molecule has 16 heteroatoms. The van der Waals surface area contributed by atoms with Crippen LogP contribution in [0.5, 0.6) is 0 Å². The predicted octanol–water partition coefficient (Wildman–Crippen LogP) is 4.44. The predicted molar refractivity (Wildman–Crippen MR) is 141 cm³/mol. The Morgan fingerprint density at radius 2 is 1.83 bits per heavy atom. The number of anilines is 2. The molecule has 4 aromatic rings. The molecule has 4 rings (SSSR count). The topological polar surface area (TPSA) is 166 Å². The van der Waals surface area contributed by atoms with Gasteiger partial charge in [-0.25, -0.2) is 14.5 Å². The van der Waals surface area contributed by atoms with Gasteiger partial charge < -0.3 is 20.8 Å². The molecule has 3 heterocycles. The van der Waals surface area contributed by atoms with E-state index in [0.717, 1.165) is 12.3 Å². The largest absolute Gasteiger partial charge is 0.423 e. The Morgan fingerprint density at radius 3 is 2.43 bits per heavy atom. The van der Waals surface area contributed by atoms with Gasteiger partial charge in [-0.1, -0.05) is 0 Å². The molecule has 0 saturated carbocycles. The fraction of sp³-hybridized carbons (Fsp3) is 0.269. The van der Waals surface area contributed by atoms with Crippen LogP contribution in [0, 0.1) is 17.1 Å². The lowest BCUT2D eigenvalue weighted by atomic mass is 10.0. The van der Waals surface area contributed by atoms with E-state index in [1.807, 2.05) is 6.07 Å². The molecule has 5 N–H and O–H groups in total. The van der Waals surface area contributed by atoms with E-state index in [0.29, 0.717) is 31.2 Å². The Balaban J connectivity index is 0.000000337. The van der Waals surface area contributed by atoms with Crippen molar-refractivity contribution in [3.63, 3.8) is 0 Å². The number of nitrogens with two attached hydrogens (primary N) is 2. The fourth-order valence-corrected chi connectivity index (χ4v) is 3.84. The first kappa shape index (κ1) is 31.6. The van der Waals surface area contributed by atoms with Gasteiger partial charge in [0.05, 0.1) is 35.1 Å². The first-order valence-electron chi connectivity index (χ1n) is 12.1. The monoisotopic (exact) mass is 595 g/mol. The molecule has 0 unspecified atom stereocenters. The molecule has 0 radical (unpaired) electrons. The Morgan fingerprint density at radius 1 is 1.10 bits per heavy atom. The molecule has 0 aliphatic heterocycles. The zero-order chi connectivity index (χ0) is 31.0. The van der Waals surface area contributed by atoms with E-state index in [1.54, 1.807) is 17.4 Å². The Hall–Kier alpha value is -4.91. The van der Waals surface area contributed by atoms with Crippen molar-refractivity contribution in [1.29, 1.82) is 5.26 Å². The standard InChI is InChI=1S/C21H19F3N4O2.C5H4F3N3O/c22-17-11-15-13(10-16(17)18-5-4-14(12-25)19(26)27-18)6-8-28(20(15)29)7-2-1-3-9-30-21(23)24;6-5(7,8)3-2(9)1-10-11-4(3)12/h4-6,8,10-11,21H,1-3,7,9H2,(H2,26,27);1H,(H3,9,11,12). The summed E-state index contributed by atoms with van der Waals surface area (Å²) in [5.41, 5.74) is 7.51. The fourth-order valence-electron chi connectivity index (χ4n) is 3.84. The molecule has 10 nitrogen and oxygen atoms in total.